The van der Waals surface area contributed by atoms with Gasteiger partial charge < -0.3 is 0 Å². The van der Waals surface area contributed by atoms with Gasteiger partial charge in [-0.3, -0.25) is 4.98 Å². The minimum absolute atomic E-state index is 0.384. The van der Waals surface area contributed by atoms with Gasteiger partial charge in [-0.25, -0.2) is 0 Å². The highest BCUT2D eigenvalue weighted by molar-refractivity contribution is 5.29. The fraction of sp³-hybridized carbons (Fsp3) is 0.381. The smallest absolute Gasteiger partial charge is 0.0476 e. The monoisotopic (exact) mass is 293 g/mol. The van der Waals surface area contributed by atoms with Crippen LogP contribution in [-0.2, 0) is 6.42 Å². The molecule has 1 nitrogen and oxygen atoms in total. The van der Waals surface area contributed by atoms with Gasteiger partial charge in [-0.2, -0.15) is 0 Å². The van der Waals surface area contributed by atoms with Crippen molar-refractivity contribution in [3.05, 3.63) is 77.1 Å². The molecule has 2 atom stereocenters. The van der Waals surface area contributed by atoms with Crippen LogP contribution in [0.4, 0.5) is 0 Å². The van der Waals surface area contributed by atoms with E-state index >= 15 is 0 Å². The zero-order valence-electron chi connectivity index (χ0n) is 14.3. The summed E-state index contributed by atoms with van der Waals surface area (Å²) in [6.45, 7) is 13.0. The predicted molar refractivity (Wildman–Crippen MR) is 95.2 cm³/mol. The van der Waals surface area contributed by atoms with Gasteiger partial charge >= 0.3 is 0 Å². The number of allylic oxidation sites excluding steroid dienone is 1. The Labute approximate surface area is 135 Å². The summed E-state index contributed by atoms with van der Waals surface area (Å²) in [5.41, 5.74) is 6.27. The molecular formula is C21H27N. The molecule has 0 spiro atoms. The third-order valence-electron chi connectivity index (χ3n) is 4.63. The van der Waals surface area contributed by atoms with E-state index in [4.69, 9.17) is 4.98 Å². The van der Waals surface area contributed by atoms with Crippen molar-refractivity contribution in [2.45, 2.75) is 46.5 Å². The highest BCUT2D eigenvalue weighted by Crippen LogP contribution is 2.34. The van der Waals surface area contributed by atoms with E-state index in [1.54, 1.807) is 0 Å². The molecule has 2 rings (SSSR count). The minimum atomic E-state index is 0.384. The molecule has 0 fully saturated rings. The van der Waals surface area contributed by atoms with Crippen molar-refractivity contribution < 1.29 is 0 Å². The number of hydrogen-bond acceptors (Lipinski definition) is 1. The van der Waals surface area contributed by atoms with E-state index in [2.05, 4.69) is 76.7 Å². The maximum atomic E-state index is 4.87. The van der Waals surface area contributed by atoms with Crippen molar-refractivity contribution >= 4 is 0 Å². The fourth-order valence-electron chi connectivity index (χ4n) is 3.01. The summed E-state index contributed by atoms with van der Waals surface area (Å²) in [5.74, 6) is 0.813. The Kier molecular flexibility index (Phi) is 5.54. The number of pyridine rings is 1. The quantitative estimate of drug-likeness (QED) is 0.629. The molecule has 116 valence electrons. The summed E-state index contributed by atoms with van der Waals surface area (Å²) < 4.78 is 0. The highest BCUT2D eigenvalue weighted by atomic mass is 14.7. The first-order valence-electron chi connectivity index (χ1n) is 8.18. The van der Waals surface area contributed by atoms with E-state index < -0.39 is 0 Å². The Bertz CT molecular complexity index is 628. The number of nitrogens with zero attached hydrogens (tertiary/aromatic N) is 1. The van der Waals surface area contributed by atoms with Crippen molar-refractivity contribution in [2.75, 3.05) is 0 Å². The molecule has 0 amide bonds. The van der Waals surface area contributed by atoms with E-state index in [-0.39, 0.29) is 0 Å². The molecule has 0 aliphatic heterocycles. The van der Waals surface area contributed by atoms with E-state index in [1.165, 1.54) is 22.4 Å². The molecule has 1 heteroatoms. The van der Waals surface area contributed by atoms with E-state index in [0.717, 1.165) is 18.5 Å². The Balaban J connectivity index is 2.40. The van der Waals surface area contributed by atoms with Gasteiger partial charge in [0.15, 0.2) is 0 Å². The van der Waals surface area contributed by atoms with Crippen molar-refractivity contribution in [2.24, 2.45) is 5.92 Å². The predicted octanol–water partition coefficient (Wildman–Crippen LogP) is 5.63. The van der Waals surface area contributed by atoms with Crippen LogP contribution in [0.5, 0.6) is 0 Å². The Morgan fingerprint density at radius 1 is 1.09 bits per heavy atom. The first-order valence-corrected chi connectivity index (χ1v) is 8.18. The van der Waals surface area contributed by atoms with Crippen molar-refractivity contribution in [3.63, 3.8) is 0 Å². The molecular weight excluding hydrogens is 266 g/mol. The second-order valence-corrected chi connectivity index (χ2v) is 6.25. The molecule has 0 bridgehead atoms. The average molecular weight is 293 g/mol. The molecule has 0 aliphatic rings. The van der Waals surface area contributed by atoms with Gasteiger partial charge in [-0.1, -0.05) is 62.4 Å². The molecule has 1 heterocycles. The second kappa shape index (κ2) is 7.40. The summed E-state index contributed by atoms with van der Waals surface area (Å²) in [6.07, 6.45) is 2.04. The number of aryl methyl sites for hydroxylation is 2. The largest absolute Gasteiger partial charge is 0.258 e. The fourth-order valence-corrected chi connectivity index (χ4v) is 3.01. The van der Waals surface area contributed by atoms with Crippen molar-refractivity contribution in [1.29, 1.82) is 0 Å². The first-order chi connectivity index (χ1) is 10.5. The van der Waals surface area contributed by atoms with Gasteiger partial charge in [-0.05, 0) is 49.8 Å². The topological polar surface area (TPSA) is 12.9 Å². The lowest BCUT2D eigenvalue weighted by molar-refractivity contribution is 0.495. The molecule has 0 aliphatic carbocycles. The summed E-state index contributed by atoms with van der Waals surface area (Å²) in [7, 11) is 0. The Morgan fingerprint density at radius 3 is 2.41 bits per heavy atom. The Morgan fingerprint density at radius 2 is 1.77 bits per heavy atom. The minimum Gasteiger partial charge on any atom is -0.258 e. The number of hydrogen-bond donors (Lipinski definition) is 0. The molecule has 0 N–H and O–H groups in total. The lowest BCUT2D eigenvalue weighted by atomic mass is 9.79. The average Bonchev–Trinajstić information content (AvgIpc) is 2.54. The van der Waals surface area contributed by atoms with Gasteiger partial charge in [0.2, 0.25) is 0 Å². The third kappa shape index (κ3) is 3.85. The highest BCUT2D eigenvalue weighted by Gasteiger charge is 2.24. The molecule has 0 saturated carbocycles. The second-order valence-electron chi connectivity index (χ2n) is 6.25. The van der Waals surface area contributed by atoms with Gasteiger partial charge in [0, 0.05) is 17.3 Å². The van der Waals surface area contributed by atoms with E-state index in [0.29, 0.717) is 11.8 Å². The van der Waals surface area contributed by atoms with E-state index in [1.807, 2.05) is 0 Å². The van der Waals surface area contributed by atoms with Crippen molar-refractivity contribution in [3.8, 4) is 0 Å². The molecule has 1 aromatic heterocycles. The van der Waals surface area contributed by atoms with Crippen LogP contribution in [0.2, 0.25) is 0 Å². The number of benzene rings is 1. The zero-order chi connectivity index (χ0) is 16.1. The Hall–Kier alpha value is -1.89. The summed E-state index contributed by atoms with van der Waals surface area (Å²) in [6, 6.07) is 15.0. The van der Waals surface area contributed by atoms with Crippen LogP contribution in [0, 0.1) is 19.8 Å². The lowest BCUT2D eigenvalue weighted by Crippen LogP contribution is -2.17. The summed E-state index contributed by atoms with van der Waals surface area (Å²) in [4.78, 5) is 4.87. The van der Waals surface area contributed by atoms with Crippen LogP contribution in [0.1, 0.15) is 48.7 Å². The molecule has 0 saturated heterocycles. The van der Waals surface area contributed by atoms with E-state index in [9.17, 15) is 0 Å². The van der Waals surface area contributed by atoms with Gasteiger partial charge in [0.25, 0.3) is 0 Å². The van der Waals surface area contributed by atoms with Crippen molar-refractivity contribution in [1.82, 2.24) is 4.98 Å². The van der Waals surface area contributed by atoms with Crippen LogP contribution in [0.3, 0.4) is 0 Å². The molecule has 22 heavy (non-hydrogen) atoms. The maximum absolute atomic E-state index is 4.87. The van der Waals surface area contributed by atoms with Crippen LogP contribution in [-0.4, -0.2) is 4.98 Å². The SMILES string of the molecule is C=C(CC)C(C)C(Cc1ccccc1)c1nc(C)ccc1C. The summed E-state index contributed by atoms with van der Waals surface area (Å²) in [5, 5.41) is 0. The molecule has 2 aromatic rings. The van der Waals surface area contributed by atoms with Crippen LogP contribution < -0.4 is 0 Å². The third-order valence-corrected chi connectivity index (χ3v) is 4.63. The lowest BCUT2D eigenvalue weighted by Gasteiger charge is -2.27. The molecule has 1 aromatic carbocycles. The van der Waals surface area contributed by atoms with Crippen LogP contribution in [0.15, 0.2) is 54.6 Å². The zero-order valence-corrected chi connectivity index (χ0v) is 14.3. The molecule has 2 unspecified atom stereocenters. The van der Waals surface area contributed by atoms with Crippen LogP contribution >= 0.6 is 0 Å². The maximum Gasteiger partial charge on any atom is 0.0476 e. The first kappa shape index (κ1) is 16.5. The number of aromatic nitrogens is 1. The van der Waals surface area contributed by atoms with Crippen LogP contribution in [0.25, 0.3) is 0 Å². The standard InChI is InChI=1S/C21H27N/c1-6-15(2)18(5)20(14-19-10-8-7-9-11-19)21-16(3)12-13-17(4)22-21/h7-13,18,20H,2,6,14H2,1,3-5H3. The van der Waals surface area contributed by atoms with Gasteiger partial charge in [0.05, 0.1) is 0 Å². The summed E-state index contributed by atoms with van der Waals surface area (Å²) >= 11 is 0. The van der Waals surface area contributed by atoms with Gasteiger partial charge in [0.1, 0.15) is 0 Å². The van der Waals surface area contributed by atoms with Gasteiger partial charge in [-0.15, -0.1) is 0 Å². The normalized spacial score (nSPS) is 13.6. The molecule has 0 radical (unpaired) electrons. The number of rotatable bonds is 6.